The monoisotopic (exact) mass is 285 g/mol. The van der Waals surface area contributed by atoms with Crippen molar-refractivity contribution in [3.63, 3.8) is 0 Å². The number of carbonyl (C=O) groups is 1. The molecule has 21 heavy (non-hydrogen) atoms. The third-order valence-electron chi connectivity index (χ3n) is 3.73. The Balaban J connectivity index is 2.29. The second-order valence-corrected chi connectivity index (χ2v) is 5.15. The summed E-state index contributed by atoms with van der Waals surface area (Å²) >= 11 is 0. The lowest BCUT2D eigenvalue weighted by atomic mass is 10.0. The van der Waals surface area contributed by atoms with Crippen molar-refractivity contribution in [1.29, 1.82) is 0 Å². The average molecular weight is 285 g/mol. The lowest BCUT2D eigenvalue weighted by Crippen LogP contribution is -2.30. The van der Waals surface area contributed by atoms with Crippen LogP contribution in [0.5, 0.6) is 11.5 Å². The molecule has 2 aromatic carbocycles. The molecule has 0 spiro atoms. The fourth-order valence-electron chi connectivity index (χ4n) is 2.30. The van der Waals surface area contributed by atoms with Crippen LogP contribution in [0.3, 0.4) is 0 Å². The van der Waals surface area contributed by atoms with Crippen molar-refractivity contribution in [2.45, 2.75) is 19.9 Å². The van der Waals surface area contributed by atoms with Gasteiger partial charge in [-0.15, -0.1) is 0 Å². The minimum atomic E-state index is -0.257. The maximum Gasteiger partial charge on any atom is 0.254 e. The molecule has 0 fully saturated rings. The zero-order chi connectivity index (χ0) is 15.6. The summed E-state index contributed by atoms with van der Waals surface area (Å²) in [5, 5.41) is 19.3. The topological polar surface area (TPSA) is 60.8 Å². The van der Waals surface area contributed by atoms with E-state index in [2.05, 4.69) is 0 Å². The zero-order valence-corrected chi connectivity index (χ0v) is 12.4. The van der Waals surface area contributed by atoms with E-state index in [1.165, 1.54) is 6.07 Å². The molecule has 4 nitrogen and oxygen atoms in total. The van der Waals surface area contributed by atoms with Crippen molar-refractivity contribution in [2.75, 3.05) is 7.05 Å². The van der Waals surface area contributed by atoms with E-state index in [9.17, 15) is 15.0 Å². The van der Waals surface area contributed by atoms with Crippen LogP contribution in [-0.4, -0.2) is 28.1 Å². The van der Waals surface area contributed by atoms with Gasteiger partial charge < -0.3 is 15.1 Å². The number of phenolic OH excluding ortho intramolecular Hbond substituents is 2. The summed E-state index contributed by atoms with van der Waals surface area (Å²) in [5.41, 5.74) is 1.96. The summed E-state index contributed by atoms with van der Waals surface area (Å²) in [6.07, 6.45) is 0. The molecule has 0 heterocycles. The highest BCUT2D eigenvalue weighted by molar-refractivity contribution is 5.96. The maximum absolute atomic E-state index is 12.6. The van der Waals surface area contributed by atoms with Gasteiger partial charge >= 0.3 is 0 Å². The molecule has 0 bridgehead atoms. The van der Waals surface area contributed by atoms with Crippen LogP contribution >= 0.6 is 0 Å². The van der Waals surface area contributed by atoms with Crippen LogP contribution in [0.25, 0.3) is 0 Å². The van der Waals surface area contributed by atoms with Gasteiger partial charge in [0, 0.05) is 18.2 Å². The van der Waals surface area contributed by atoms with Crippen molar-refractivity contribution in [1.82, 2.24) is 4.90 Å². The van der Waals surface area contributed by atoms with Crippen LogP contribution in [0, 0.1) is 6.92 Å². The number of carbonyl (C=O) groups excluding carboxylic acids is 1. The van der Waals surface area contributed by atoms with E-state index in [4.69, 9.17) is 0 Å². The number of aromatic hydroxyl groups is 2. The van der Waals surface area contributed by atoms with Crippen LogP contribution < -0.4 is 0 Å². The number of aryl methyl sites for hydroxylation is 1. The van der Waals surface area contributed by atoms with Gasteiger partial charge in [0.25, 0.3) is 5.91 Å². The molecule has 0 saturated carbocycles. The van der Waals surface area contributed by atoms with Crippen LogP contribution in [0.2, 0.25) is 0 Å². The summed E-state index contributed by atoms with van der Waals surface area (Å²) in [6, 6.07) is 11.4. The van der Waals surface area contributed by atoms with Crippen molar-refractivity contribution in [3.8, 4) is 11.5 Å². The van der Waals surface area contributed by atoms with E-state index >= 15 is 0 Å². The molecular formula is C17H19NO3. The first kappa shape index (κ1) is 14.9. The SMILES string of the molecule is Cc1cc(O)ccc1C(=O)N(C)C(C)c1ccccc1O. The first-order chi connectivity index (χ1) is 9.91. The Morgan fingerprint density at radius 2 is 1.81 bits per heavy atom. The Hall–Kier alpha value is -2.49. The Morgan fingerprint density at radius 3 is 2.43 bits per heavy atom. The van der Waals surface area contributed by atoms with Gasteiger partial charge in [-0.05, 0) is 43.7 Å². The number of hydrogen-bond donors (Lipinski definition) is 2. The van der Waals surface area contributed by atoms with Crippen LogP contribution in [0.15, 0.2) is 42.5 Å². The molecule has 2 N–H and O–H groups in total. The highest BCUT2D eigenvalue weighted by atomic mass is 16.3. The van der Waals surface area contributed by atoms with Crippen molar-refractivity contribution in [2.24, 2.45) is 0 Å². The summed E-state index contributed by atoms with van der Waals surface area (Å²) in [4.78, 5) is 14.1. The molecule has 2 rings (SSSR count). The van der Waals surface area contributed by atoms with E-state index in [-0.39, 0.29) is 23.4 Å². The van der Waals surface area contributed by atoms with Gasteiger partial charge in [-0.2, -0.15) is 0 Å². The smallest absolute Gasteiger partial charge is 0.254 e. The van der Waals surface area contributed by atoms with Crippen molar-refractivity contribution < 1.29 is 15.0 Å². The molecule has 110 valence electrons. The molecule has 1 amide bonds. The fourth-order valence-corrected chi connectivity index (χ4v) is 2.30. The second kappa shape index (κ2) is 5.87. The number of phenols is 2. The van der Waals surface area contributed by atoms with Crippen LogP contribution in [-0.2, 0) is 0 Å². The number of amides is 1. The van der Waals surface area contributed by atoms with E-state index in [0.29, 0.717) is 11.1 Å². The van der Waals surface area contributed by atoms with Crippen molar-refractivity contribution in [3.05, 3.63) is 59.2 Å². The molecule has 2 aromatic rings. The summed E-state index contributed by atoms with van der Waals surface area (Å²) in [5.74, 6) is 0.163. The Kier molecular flexibility index (Phi) is 4.17. The predicted molar refractivity (Wildman–Crippen MR) is 81.5 cm³/mol. The number of nitrogens with zero attached hydrogens (tertiary/aromatic N) is 1. The first-order valence-corrected chi connectivity index (χ1v) is 6.76. The second-order valence-electron chi connectivity index (χ2n) is 5.15. The van der Waals surface area contributed by atoms with Gasteiger partial charge in [0.1, 0.15) is 11.5 Å². The van der Waals surface area contributed by atoms with E-state index in [0.717, 1.165) is 5.56 Å². The van der Waals surface area contributed by atoms with Crippen LogP contribution in [0.4, 0.5) is 0 Å². The summed E-state index contributed by atoms with van der Waals surface area (Å²) < 4.78 is 0. The van der Waals surface area contributed by atoms with Crippen molar-refractivity contribution >= 4 is 5.91 Å². The van der Waals surface area contributed by atoms with Gasteiger partial charge in [-0.25, -0.2) is 0 Å². The normalized spacial score (nSPS) is 12.0. The Bertz CT molecular complexity index is 667. The zero-order valence-electron chi connectivity index (χ0n) is 12.4. The minimum absolute atomic E-state index is 0.139. The van der Waals surface area contributed by atoms with Gasteiger partial charge in [0.05, 0.1) is 6.04 Å². The molecule has 0 aliphatic rings. The minimum Gasteiger partial charge on any atom is -0.508 e. The molecule has 0 radical (unpaired) electrons. The van der Waals surface area contributed by atoms with Gasteiger partial charge in [0.2, 0.25) is 0 Å². The predicted octanol–water partition coefficient (Wildman–Crippen LogP) is 3.24. The molecule has 4 heteroatoms. The van der Waals surface area contributed by atoms with Gasteiger partial charge in [-0.1, -0.05) is 18.2 Å². The maximum atomic E-state index is 12.6. The summed E-state index contributed by atoms with van der Waals surface area (Å²) in [6.45, 7) is 3.65. The average Bonchev–Trinajstić information content (AvgIpc) is 2.45. The fraction of sp³-hybridized carbons (Fsp3) is 0.235. The molecule has 0 saturated heterocycles. The molecule has 0 aliphatic carbocycles. The van der Waals surface area contributed by atoms with Gasteiger partial charge in [0.15, 0.2) is 0 Å². The standard InChI is InChI=1S/C17H19NO3/c1-11-10-13(19)8-9-14(11)17(21)18(3)12(2)15-6-4-5-7-16(15)20/h4-10,12,19-20H,1-3H3. The third-order valence-corrected chi connectivity index (χ3v) is 3.73. The van der Waals surface area contributed by atoms with E-state index in [1.54, 1.807) is 49.2 Å². The first-order valence-electron chi connectivity index (χ1n) is 6.76. The number of para-hydroxylation sites is 1. The van der Waals surface area contributed by atoms with E-state index < -0.39 is 0 Å². The molecule has 0 aliphatic heterocycles. The Labute approximate surface area is 124 Å². The molecular weight excluding hydrogens is 266 g/mol. The third kappa shape index (κ3) is 2.99. The molecule has 1 atom stereocenters. The quantitative estimate of drug-likeness (QED) is 0.910. The Morgan fingerprint density at radius 1 is 1.14 bits per heavy atom. The van der Waals surface area contributed by atoms with E-state index in [1.807, 2.05) is 13.0 Å². The number of benzene rings is 2. The highest BCUT2D eigenvalue weighted by Crippen LogP contribution is 2.28. The largest absolute Gasteiger partial charge is 0.508 e. The van der Waals surface area contributed by atoms with Crippen LogP contribution in [0.1, 0.15) is 34.5 Å². The number of rotatable bonds is 3. The summed E-state index contributed by atoms with van der Waals surface area (Å²) in [7, 11) is 1.70. The highest BCUT2D eigenvalue weighted by Gasteiger charge is 2.22. The molecule has 1 unspecified atom stereocenters. The van der Waals surface area contributed by atoms with Gasteiger partial charge in [-0.3, -0.25) is 4.79 Å². The number of hydrogen-bond acceptors (Lipinski definition) is 3. The lowest BCUT2D eigenvalue weighted by Gasteiger charge is -2.26. The lowest BCUT2D eigenvalue weighted by molar-refractivity contribution is 0.0740. The molecule has 0 aromatic heterocycles.